The molecule has 2 aliphatic heterocycles. The van der Waals surface area contributed by atoms with Gasteiger partial charge in [0.2, 0.25) is 0 Å². The Labute approximate surface area is 163 Å². The highest BCUT2D eigenvalue weighted by Crippen LogP contribution is 2.49. The van der Waals surface area contributed by atoms with Crippen molar-refractivity contribution in [1.82, 2.24) is 9.55 Å². The van der Waals surface area contributed by atoms with Crippen molar-refractivity contribution in [3.63, 3.8) is 0 Å². The van der Waals surface area contributed by atoms with Gasteiger partial charge in [0, 0.05) is 11.8 Å². The molecule has 9 heteroatoms. The van der Waals surface area contributed by atoms with Crippen LogP contribution in [0.25, 0.3) is 0 Å². The lowest BCUT2D eigenvalue weighted by Crippen LogP contribution is -2.27. The molecule has 2 aliphatic rings. The van der Waals surface area contributed by atoms with E-state index in [0.717, 1.165) is 29.7 Å². The van der Waals surface area contributed by atoms with Crippen LogP contribution in [0.1, 0.15) is 35.8 Å². The third-order valence-electron chi connectivity index (χ3n) is 4.60. The SMILES string of the molecule is Cc1cc(C)c2c(c1)COP(OCC1CCC(n3ccc(=S)[nH]c3=O)O1)O2. The van der Waals surface area contributed by atoms with Gasteiger partial charge in [0.15, 0.2) is 0 Å². The maximum atomic E-state index is 12.0. The number of rotatable bonds is 4. The van der Waals surface area contributed by atoms with Crippen molar-refractivity contribution in [3.8, 4) is 5.75 Å². The first kappa shape index (κ1) is 18.8. The number of fused-ring (bicyclic) bond motifs is 1. The Morgan fingerprint density at radius 1 is 1.37 bits per heavy atom. The topological polar surface area (TPSA) is 74.7 Å². The molecule has 0 bridgehead atoms. The molecule has 0 amide bonds. The lowest BCUT2D eigenvalue weighted by atomic mass is 10.1. The molecule has 1 N–H and O–H groups in total. The highest BCUT2D eigenvalue weighted by atomic mass is 32.1. The molecule has 3 heterocycles. The minimum absolute atomic E-state index is 0.111. The molecule has 3 atom stereocenters. The van der Waals surface area contributed by atoms with Gasteiger partial charge in [-0.3, -0.25) is 18.6 Å². The van der Waals surface area contributed by atoms with E-state index in [0.29, 0.717) is 17.9 Å². The molecule has 1 fully saturated rings. The zero-order valence-electron chi connectivity index (χ0n) is 15.1. The zero-order chi connectivity index (χ0) is 19.0. The van der Waals surface area contributed by atoms with Crippen LogP contribution in [0.5, 0.6) is 5.75 Å². The van der Waals surface area contributed by atoms with Crippen molar-refractivity contribution in [2.75, 3.05) is 6.61 Å². The van der Waals surface area contributed by atoms with Gasteiger partial charge in [0.1, 0.15) is 16.6 Å². The first-order valence-electron chi connectivity index (χ1n) is 8.80. The number of aromatic nitrogens is 2. The molecule has 1 aromatic heterocycles. The number of benzene rings is 1. The van der Waals surface area contributed by atoms with Gasteiger partial charge in [-0.25, -0.2) is 4.79 Å². The summed E-state index contributed by atoms with van der Waals surface area (Å²) in [6.45, 7) is 4.93. The average molecular weight is 408 g/mol. The molecule has 0 saturated carbocycles. The van der Waals surface area contributed by atoms with Crippen molar-refractivity contribution >= 4 is 20.8 Å². The van der Waals surface area contributed by atoms with Crippen molar-refractivity contribution in [2.24, 2.45) is 0 Å². The van der Waals surface area contributed by atoms with Crippen LogP contribution < -0.4 is 10.2 Å². The molecule has 1 saturated heterocycles. The molecule has 27 heavy (non-hydrogen) atoms. The predicted octanol–water partition coefficient (Wildman–Crippen LogP) is 4.05. The number of ether oxygens (including phenoxy) is 1. The Hall–Kier alpha value is -1.57. The Balaban J connectivity index is 1.34. The molecule has 1 aromatic carbocycles. The van der Waals surface area contributed by atoms with E-state index in [-0.39, 0.29) is 18.0 Å². The van der Waals surface area contributed by atoms with Crippen molar-refractivity contribution in [1.29, 1.82) is 0 Å². The number of nitrogens with one attached hydrogen (secondary N) is 1. The van der Waals surface area contributed by atoms with Crippen molar-refractivity contribution < 1.29 is 18.3 Å². The van der Waals surface area contributed by atoms with Gasteiger partial charge in [-0.05, 0) is 38.3 Å². The Bertz CT molecular complexity index is 959. The van der Waals surface area contributed by atoms with Crippen LogP contribution in [0, 0.1) is 18.5 Å². The second-order valence-electron chi connectivity index (χ2n) is 6.76. The number of H-pyrrole nitrogens is 1. The second-order valence-corrected chi connectivity index (χ2v) is 8.35. The van der Waals surface area contributed by atoms with Crippen LogP contribution in [0.3, 0.4) is 0 Å². The van der Waals surface area contributed by atoms with Crippen LogP contribution in [0.15, 0.2) is 29.2 Å². The fourth-order valence-corrected chi connectivity index (χ4v) is 4.65. The molecule has 0 spiro atoms. The zero-order valence-corrected chi connectivity index (χ0v) is 16.8. The second kappa shape index (κ2) is 7.81. The number of hydrogen-bond acceptors (Lipinski definition) is 6. The van der Waals surface area contributed by atoms with E-state index in [1.54, 1.807) is 12.3 Å². The number of aromatic amines is 1. The summed E-state index contributed by atoms with van der Waals surface area (Å²) in [4.78, 5) is 14.6. The fourth-order valence-electron chi connectivity index (χ4n) is 3.38. The van der Waals surface area contributed by atoms with Crippen molar-refractivity contribution in [3.05, 3.63) is 56.2 Å². The summed E-state index contributed by atoms with van der Waals surface area (Å²) in [6.07, 6.45) is 2.77. The largest absolute Gasteiger partial charge is 0.426 e. The summed E-state index contributed by atoms with van der Waals surface area (Å²) in [5.74, 6) is 0.856. The molecule has 4 rings (SSSR count). The van der Waals surface area contributed by atoms with Crippen LogP contribution in [0.2, 0.25) is 0 Å². The molecule has 0 radical (unpaired) electrons. The smallest absolute Gasteiger partial charge is 0.397 e. The van der Waals surface area contributed by atoms with Gasteiger partial charge < -0.3 is 9.26 Å². The molecular formula is C18H21N2O5PS. The summed E-state index contributed by atoms with van der Waals surface area (Å²) < 4.78 is 25.3. The lowest BCUT2D eigenvalue weighted by molar-refractivity contribution is -0.0229. The van der Waals surface area contributed by atoms with Crippen LogP contribution >= 0.6 is 20.8 Å². The van der Waals surface area contributed by atoms with Gasteiger partial charge >= 0.3 is 14.3 Å². The number of hydrogen-bond donors (Lipinski definition) is 1. The summed E-state index contributed by atoms with van der Waals surface area (Å²) >= 11 is 4.96. The van der Waals surface area contributed by atoms with Gasteiger partial charge in [-0.2, -0.15) is 0 Å². The normalized spacial score (nSPS) is 24.4. The van der Waals surface area contributed by atoms with E-state index in [9.17, 15) is 4.79 Å². The summed E-state index contributed by atoms with van der Waals surface area (Å²) in [7, 11) is -1.45. The van der Waals surface area contributed by atoms with E-state index in [1.165, 1.54) is 10.1 Å². The highest BCUT2D eigenvalue weighted by molar-refractivity contribution is 7.71. The minimum Gasteiger partial charge on any atom is -0.426 e. The standard InChI is InChI=1S/C18H21N2O5PS/c1-11-7-12(2)17-13(8-11)9-22-26(25-17)23-10-14-3-4-16(24-14)20-6-5-15(27)19-18(20)21/h5-8,14,16H,3-4,9-10H2,1-2H3,(H,19,21,27). The Kier molecular flexibility index (Phi) is 5.43. The summed E-state index contributed by atoms with van der Waals surface area (Å²) in [6, 6.07) is 5.84. The fraction of sp³-hybridized carbons (Fsp3) is 0.444. The minimum atomic E-state index is -1.45. The van der Waals surface area contributed by atoms with E-state index in [4.69, 9.17) is 30.5 Å². The maximum Gasteiger partial charge on any atom is 0.397 e. The first-order valence-corrected chi connectivity index (χ1v) is 10.3. The van der Waals surface area contributed by atoms with E-state index in [2.05, 4.69) is 24.0 Å². The van der Waals surface area contributed by atoms with E-state index < -0.39 is 8.60 Å². The average Bonchev–Trinajstić information content (AvgIpc) is 3.09. The third-order valence-corrected chi connectivity index (χ3v) is 5.87. The Morgan fingerprint density at radius 2 is 2.22 bits per heavy atom. The molecule has 2 aromatic rings. The first-order chi connectivity index (χ1) is 13.0. The molecule has 144 valence electrons. The van der Waals surface area contributed by atoms with Gasteiger partial charge in [0.05, 0.1) is 19.3 Å². The van der Waals surface area contributed by atoms with Crippen molar-refractivity contribution in [2.45, 2.75) is 45.6 Å². The quantitative estimate of drug-likeness (QED) is 0.608. The molecular weight excluding hydrogens is 387 g/mol. The lowest BCUT2D eigenvalue weighted by Gasteiger charge is -2.26. The Morgan fingerprint density at radius 3 is 3.04 bits per heavy atom. The highest BCUT2D eigenvalue weighted by Gasteiger charge is 2.31. The van der Waals surface area contributed by atoms with Crippen LogP contribution in [0.4, 0.5) is 0 Å². The van der Waals surface area contributed by atoms with E-state index >= 15 is 0 Å². The molecule has 7 nitrogen and oxygen atoms in total. The monoisotopic (exact) mass is 408 g/mol. The van der Waals surface area contributed by atoms with Crippen LogP contribution in [-0.4, -0.2) is 22.3 Å². The van der Waals surface area contributed by atoms with Gasteiger partial charge in [-0.15, -0.1) is 0 Å². The predicted molar refractivity (Wildman–Crippen MR) is 103 cm³/mol. The maximum absolute atomic E-state index is 12.0. The number of aryl methyl sites for hydroxylation is 2. The van der Waals surface area contributed by atoms with Gasteiger partial charge in [0.25, 0.3) is 0 Å². The van der Waals surface area contributed by atoms with Gasteiger partial charge in [-0.1, -0.05) is 29.9 Å². The number of nitrogens with zero attached hydrogens (tertiary/aromatic N) is 1. The van der Waals surface area contributed by atoms with E-state index in [1.807, 2.05) is 6.92 Å². The summed E-state index contributed by atoms with van der Waals surface area (Å²) in [5.41, 5.74) is 3.06. The summed E-state index contributed by atoms with van der Waals surface area (Å²) in [5, 5.41) is 0. The third kappa shape index (κ3) is 4.15. The molecule has 0 aliphatic carbocycles. The van der Waals surface area contributed by atoms with Crippen LogP contribution in [-0.2, 0) is 20.4 Å². The molecule has 3 unspecified atom stereocenters.